The van der Waals surface area contributed by atoms with Crippen LogP contribution in [0.5, 0.6) is 0 Å². The van der Waals surface area contributed by atoms with Crippen LogP contribution in [0.3, 0.4) is 0 Å². The molecule has 0 atom stereocenters. The summed E-state index contributed by atoms with van der Waals surface area (Å²) < 4.78 is 42.9. The summed E-state index contributed by atoms with van der Waals surface area (Å²) in [5, 5.41) is 2.72. The Labute approximate surface area is 155 Å². The van der Waals surface area contributed by atoms with Crippen LogP contribution in [0.25, 0.3) is 11.1 Å². The maximum Gasteiger partial charge on any atom is 0.416 e. The van der Waals surface area contributed by atoms with Crippen molar-refractivity contribution in [1.82, 2.24) is 5.32 Å². The summed E-state index contributed by atoms with van der Waals surface area (Å²) >= 11 is 0. The molecule has 4 nitrogen and oxygen atoms in total. The molecular weight excluding hydrogens is 359 g/mol. The second kappa shape index (κ2) is 9.21. The molecule has 0 aliphatic heterocycles. The number of esters is 1. The summed E-state index contributed by atoms with van der Waals surface area (Å²) in [6.45, 7) is 2.32. The number of hydrogen-bond donors (Lipinski definition) is 1. The molecule has 0 aliphatic rings. The SMILES string of the molecule is CCOC(=O)CCCNC(=O)c1ccccc1-c1ccc(C(F)(F)F)cc1. The number of carbonyl (C=O) groups is 2. The van der Waals surface area contributed by atoms with E-state index in [4.69, 9.17) is 4.74 Å². The van der Waals surface area contributed by atoms with Crippen LogP contribution in [0, 0.1) is 0 Å². The van der Waals surface area contributed by atoms with E-state index in [1.807, 2.05) is 0 Å². The van der Waals surface area contributed by atoms with Crippen molar-refractivity contribution in [2.75, 3.05) is 13.2 Å². The fourth-order valence-corrected chi connectivity index (χ4v) is 2.53. The smallest absolute Gasteiger partial charge is 0.416 e. The maximum absolute atomic E-state index is 12.7. The second-order valence-corrected chi connectivity index (χ2v) is 5.79. The van der Waals surface area contributed by atoms with Crippen LogP contribution in [0.1, 0.15) is 35.7 Å². The lowest BCUT2D eigenvalue weighted by Crippen LogP contribution is -2.25. The quantitative estimate of drug-likeness (QED) is 0.571. The van der Waals surface area contributed by atoms with E-state index in [0.717, 1.165) is 12.1 Å². The number of halogens is 3. The van der Waals surface area contributed by atoms with E-state index in [9.17, 15) is 22.8 Å². The van der Waals surface area contributed by atoms with Gasteiger partial charge in [-0.3, -0.25) is 9.59 Å². The lowest BCUT2D eigenvalue weighted by Gasteiger charge is -2.12. The van der Waals surface area contributed by atoms with Crippen LogP contribution in [-0.4, -0.2) is 25.0 Å². The minimum absolute atomic E-state index is 0.203. The van der Waals surface area contributed by atoms with Crippen LogP contribution in [0.2, 0.25) is 0 Å². The average molecular weight is 379 g/mol. The molecule has 0 bridgehead atoms. The van der Waals surface area contributed by atoms with E-state index in [0.29, 0.717) is 36.3 Å². The Hall–Kier alpha value is -2.83. The Morgan fingerprint density at radius 3 is 2.33 bits per heavy atom. The average Bonchev–Trinajstić information content (AvgIpc) is 2.65. The number of carbonyl (C=O) groups excluding carboxylic acids is 2. The van der Waals surface area contributed by atoms with Gasteiger partial charge in [-0.25, -0.2) is 0 Å². The van der Waals surface area contributed by atoms with E-state index in [-0.39, 0.29) is 18.3 Å². The zero-order chi connectivity index (χ0) is 19.9. The fourth-order valence-electron chi connectivity index (χ4n) is 2.53. The zero-order valence-corrected chi connectivity index (χ0v) is 14.8. The van der Waals surface area contributed by atoms with Crippen LogP contribution >= 0.6 is 0 Å². The summed E-state index contributed by atoms with van der Waals surface area (Å²) in [4.78, 5) is 23.7. The Kier molecular flexibility index (Phi) is 6.98. The van der Waals surface area contributed by atoms with E-state index in [1.54, 1.807) is 31.2 Å². The van der Waals surface area contributed by atoms with E-state index < -0.39 is 11.7 Å². The third kappa shape index (κ3) is 5.84. The fraction of sp³-hybridized carbons (Fsp3) is 0.300. The first-order valence-corrected chi connectivity index (χ1v) is 8.53. The van der Waals surface area contributed by atoms with Gasteiger partial charge in [-0.2, -0.15) is 13.2 Å². The van der Waals surface area contributed by atoms with E-state index >= 15 is 0 Å². The van der Waals surface area contributed by atoms with Gasteiger partial charge in [0.05, 0.1) is 12.2 Å². The lowest BCUT2D eigenvalue weighted by atomic mass is 9.98. The molecule has 0 aromatic heterocycles. The van der Waals surface area contributed by atoms with Gasteiger partial charge in [-0.1, -0.05) is 30.3 Å². The number of benzene rings is 2. The Morgan fingerprint density at radius 1 is 1.04 bits per heavy atom. The van der Waals surface area contributed by atoms with Gasteiger partial charge in [-0.05, 0) is 42.7 Å². The number of amides is 1. The van der Waals surface area contributed by atoms with Gasteiger partial charge in [-0.15, -0.1) is 0 Å². The minimum atomic E-state index is -4.41. The third-order valence-corrected chi connectivity index (χ3v) is 3.84. The van der Waals surface area contributed by atoms with Gasteiger partial charge in [0.1, 0.15) is 0 Å². The van der Waals surface area contributed by atoms with Crippen LogP contribution < -0.4 is 5.32 Å². The Bertz CT molecular complexity index is 786. The van der Waals surface area contributed by atoms with Crippen molar-refractivity contribution >= 4 is 11.9 Å². The third-order valence-electron chi connectivity index (χ3n) is 3.84. The van der Waals surface area contributed by atoms with Crippen molar-refractivity contribution in [2.45, 2.75) is 25.9 Å². The summed E-state index contributed by atoms with van der Waals surface area (Å²) in [5.41, 5.74) is 0.662. The first-order chi connectivity index (χ1) is 12.8. The molecule has 0 saturated carbocycles. The van der Waals surface area contributed by atoms with Crippen molar-refractivity contribution in [2.24, 2.45) is 0 Å². The normalized spacial score (nSPS) is 11.1. The van der Waals surface area contributed by atoms with Crippen LogP contribution in [0.4, 0.5) is 13.2 Å². The largest absolute Gasteiger partial charge is 0.466 e. The molecule has 7 heteroatoms. The molecule has 0 radical (unpaired) electrons. The second-order valence-electron chi connectivity index (χ2n) is 5.79. The highest BCUT2D eigenvalue weighted by molar-refractivity contribution is 6.00. The van der Waals surface area contributed by atoms with Crippen LogP contribution in [-0.2, 0) is 15.7 Å². The van der Waals surface area contributed by atoms with Crippen molar-refractivity contribution in [3.05, 3.63) is 59.7 Å². The topological polar surface area (TPSA) is 55.4 Å². The summed E-state index contributed by atoms with van der Waals surface area (Å²) in [6.07, 6.45) is -3.77. The number of nitrogens with one attached hydrogen (secondary N) is 1. The van der Waals surface area contributed by atoms with Gasteiger partial charge in [0.15, 0.2) is 0 Å². The molecule has 144 valence electrons. The van der Waals surface area contributed by atoms with Crippen LogP contribution in [0.15, 0.2) is 48.5 Å². The highest BCUT2D eigenvalue weighted by Gasteiger charge is 2.30. The molecule has 0 spiro atoms. The highest BCUT2D eigenvalue weighted by Crippen LogP contribution is 2.31. The molecule has 0 heterocycles. The molecule has 2 aromatic rings. The maximum atomic E-state index is 12.7. The van der Waals surface area contributed by atoms with Gasteiger partial charge in [0.25, 0.3) is 5.91 Å². The lowest BCUT2D eigenvalue weighted by molar-refractivity contribution is -0.143. The molecule has 1 N–H and O–H groups in total. The molecule has 0 fully saturated rings. The summed E-state index contributed by atoms with van der Waals surface area (Å²) in [6, 6.07) is 11.3. The number of hydrogen-bond acceptors (Lipinski definition) is 3. The van der Waals surface area contributed by atoms with E-state index in [1.165, 1.54) is 12.1 Å². The Balaban J connectivity index is 2.06. The molecule has 1 amide bonds. The standard InChI is InChI=1S/C20H20F3NO3/c1-2-27-18(25)8-5-13-24-19(26)17-7-4-3-6-16(17)14-9-11-15(12-10-14)20(21,22)23/h3-4,6-7,9-12H,2,5,8,13H2,1H3,(H,24,26). The predicted octanol–water partition coefficient (Wildman–Crippen LogP) is 4.45. The van der Waals surface area contributed by atoms with Gasteiger partial charge in [0, 0.05) is 18.5 Å². The molecule has 0 saturated heterocycles. The van der Waals surface area contributed by atoms with Gasteiger partial charge >= 0.3 is 12.1 Å². The van der Waals surface area contributed by atoms with Crippen molar-refractivity contribution in [3.8, 4) is 11.1 Å². The monoisotopic (exact) mass is 379 g/mol. The van der Waals surface area contributed by atoms with Crippen molar-refractivity contribution < 1.29 is 27.5 Å². The number of ether oxygens (including phenoxy) is 1. The van der Waals surface area contributed by atoms with Crippen molar-refractivity contribution in [3.63, 3.8) is 0 Å². The molecule has 2 rings (SSSR count). The van der Waals surface area contributed by atoms with Crippen molar-refractivity contribution in [1.29, 1.82) is 0 Å². The minimum Gasteiger partial charge on any atom is -0.466 e. The molecule has 0 unspecified atom stereocenters. The Morgan fingerprint density at radius 2 is 1.70 bits per heavy atom. The van der Waals surface area contributed by atoms with Gasteiger partial charge in [0.2, 0.25) is 0 Å². The van der Waals surface area contributed by atoms with E-state index in [2.05, 4.69) is 5.32 Å². The summed E-state index contributed by atoms with van der Waals surface area (Å²) in [5.74, 6) is -0.675. The first-order valence-electron chi connectivity index (χ1n) is 8.53. The number of alkyl halides is 3. The molecule has 27 heavy (non-hydrogen) atoms. The first kappa shape index (κ1) is 20.5. The molecule has 2 aromatic carbocycles. The molecular formula is C20H20F3NO3. The predicted molar refractivity (Wildman–Crippen MR) is 95.1 cm³/mol. The highest BCUT2D eigenvalue weighted by atomic mass is 19.4. The van der Waals surface area contributed by atoms with Gasteiger partial charge < -0.3 is 10.1 Å². The summed E-state index contributed by atoms with van der Waals surface area (Å²) in [7, 11) is 0. The zero-order valence-electron chi connectivity index (χ0n) is 14.8. The number of rotatable bonds is 7. The molecule has 0 aliphatic carbocycles.